The van der Waals surface area contributed by atoms with E-state index in [1.807, 2.05) is 58.5 Å². The van der Waals surface area contributed by atoms with Gasteiger partial charge in [0.05, 0.1) is 11.4 Å². The van der Waals surface area contributed by atoms with E-state index in [9.17, 15) is 0 Å². The Morgan fingerprint density at radius 1 is 0.720 bits per heavy atom. The molecule has 1 heterocycles. The number of nitrogens with zero attached hydrogens (tertiary/aromatic N) is 4. The van der Waals surface area contributed by atoms with Gasteiger partial charge in [0, 0.05) is 9.13 Å². The van der Waals surface area contributed by atoms with Crippen molar-refractivity contribution in [2.45, 2.75) is 0 Å². The molecule has 25 heavy (non-hydrogen) atoms. The van der Waals surface area contributed by atoms with Crippen LogP contribution < -0.4 is 15.4 Å². The number of hydrogen-bond donors (Lipinski definition) is 0. The van der Waals surface area contributed by atoms with Crippen LogP contribution in [0.25, 0.3) is 0 Å². The first kappa shape index (κ1) is 16.0. The average Bonchev–Trinajstić information content (AvgIpc) is 2.69. The zero-order valence-electron chi connectivity index (χ0n) is 13.5. The molecule has 4 nitrogen and oxygen atoms in total. The molecule has 5 heteroatoms. The molecule has 0 aromatic heterocycles. The summed E-state index contributed by atoms with van der Waals surface area (Å²) in [6, 6.07) is 28.6. The first-order valence-corrected chi connectivity index (χ1v) is 9.09. The fourth-order valence-corrected chi connectivity index (χ4v) is 3.20. The topological polar surface area (TPSA) is 32.9 Å². The van der Waals surface area contributed by atoms with Crippen molar-refractivity contribution in [3.63, 3.8) is 0 Å². The molecule has 0 fully saturated rings. The minimum atomic E-state index is 0.571. The minimum absolute atomic E-state index is 0.571. The molecule has 3 aromatic rings. The number of halogens is 1. The van der Waals surface area contributed by atoms with Gasteiger partial charge in [-0.15, -0.1) is 10.5 Å². The molecular formula is C20H16IN4. The molecule has 3 aromatic carbocycles. The van der Waals surface area contributed by atoms with Gasteiger partial charge in [0.1, 0.15) is 6.67 Å². The lowest BCUT2D eigenvalue weighted by Gasteiger charge is -2.34. The van der Waals surface area contributed by atoms with Crippen molar-refractivity contribution in [2.24, 2.45) is 5.10 Å². The lowest BCUT2D eigenvalue weighted by molar-refractivity contribution is 0.671. The Morgan fingerprint density at radius 3 is 2.00 bits per heavy atom. The van der Waals surface area contributed by atoms with Gasteiger partial charge in [-0.05, 0) is 59.0 Å². The predicted molar refractivity (Wildman–Crippen MR) is 111 cm³/mol. The first-order chi connectivity index (χ1) is 12.3. The maximum Gasteiger partial charge on any atom is 0.199 e. The van der Waals surface area contributed by atoms with Crippen molar-refractivity contribution in [2.75, 3.05) is 16.7 Å². The average molecular weight is 439 g/mol. The molecule has 1 aliphatic heterocycles. The normalized spacial score (nSPS) is 14.0. The molecule has 1 radical (unpaired) electrons. The van der Waals surface area contributed by atoms with Crippen molar-refractivity contribution in [3.05, 3.63) is 94.1 Å². The molecule has 0 N–H and O–H groups in total. The number of benzene rings is 3. The van der Waals surface area contributed by atoms with Crippen molar-refractivity contribution in [1.29, 1.82) is 0 Å². The number of hydrazone groups is 1. The molecule has 0 amide bonds. The molecular weight excluding hydrogens is 423 g/mol. The summed E-state index contributed by atoms with van der Waals surface area (Å²) in [7, 11) is 0. The first-order valence-electron chi connectivity index (χ1n) is 8.01. The van der Waals surface area contributed by atoms with Crippen molar-refractivity contribution in [1.82, 2.24) is 5.43 Å². The fourth-order valence-electron chi connectivity index (χ4n) is 2.66. The monoisotopic (exact) mass is 439 g/mol. The SMILES string of the molecule is Ic1cccc(C2=NN(c3ccccc3)CN(c3ccccc3)[N]2)c1. The van der Waals surface area contributed by atoms with Crippen LogP contribution >= 0.6 is 22.6 Å². The van der Waals surface area contributed by atoms with Gasteiger partial charge in [-0.3, -0.25) is 0 Å². The minimum Gasteiger partial charge on any atom is -0.242 e. The van der Waals surface area contributed by atoms with E-state index in [-0.39, 0.29) is 0 Å². The summed E-state index contributed by atoms with van der Waals surface area (Å²) >= 11 is 2.31. The highest BCUT2D eigenvalue weighted by Gasteiger charge is 2.23. The highest BCUT2D eigenvalue weighted by atomic mass is 127. The lowest BCUT2D eigenvalue weighted by atomic mass is 10.2. The van der Waals surface area contributed by atoms with Crippen LogP contribution in [-0.2, 0) is 0 Å². The smallest absolute Gasteiger partial charge is 0.199 e. The molecule has 0 bridgehead atoms. The zero-order chi connectivity index (χ0) is 17.1. The number of hydrogen-bond acceptors (Lipinski definition) is 3. The summed E-state index contributed by atoms with van der Waals surface area (Å²) in [6.45, 7) is 0.571. The number of amidine groups is 1. The van der Waals surface area contributed by atoms with Gasteiger partial charge < -0.3 is 0 Å². The van der Waals surface area contributed by atoms with E-state index >= 15 is 0 Å². The Morgan fingerprint density at radius 2 is 1.36 bits per heavy atom. The van der Waals surface area contributed by atoms with E-state index in [0.29, 0.717) is 12.5 Å². The van der Waals surface area contributed by atoms with Crippen LogP contribution in [0.1, 0.15) is 5.56 Å². The Bertz CT molecular complexity index is 880. The zero-order valence-corrected chi connectivity index (χ0v) is 15.6. The molecule has 0 saturated carbocycles. The van der Waals surface area contributed by atoms with Gasteiger partial charge in [0.2, 0.25) is 0 Å². The van der Waals surface area contributed by atoms with Gasteiger partial charge in [0.25, 0.3) is 0 Å². The van der Waals surface area contributed by atoms with E-state index < -0.39 is 0 Å². The number of para-hydroxylation sites is 2. The van der Waals surface area contributed by atoms with Crippen LogP contribution in [-0.4, -0.2) is 12.5 Å². The highest BCUT2D eigenvalue weighted by Crippen LogP contribution is 2.22. The molecule has 0 spiro atoms. The third-order valence-electron chi connectivity index (χ3n) is 3.89. The van der Waals surface area contributed by atoms with Crippen LogP contribution in [0, 0.1) is 3.57 Å². The van der Waals surface area contributed by atoms with Crippen molar-refractivity contribution >= 4 is 39.8 Å². The van der Waals surface area contributed by atoms with Gasteiger partial charge in [-0.25, -0.2) is 10.0 Å². The Balaban J connectivity index is 1.74. The lowest BCUT2D eigenvalue weighted by Crippen LogP contribution is -2.48. The highest BCUT2D eigenvalue weighted by molar-refractivity contribution is 14.1. The predicted octanol–water partition coefficient (Wildman–Crippen LogP) is 4.46. The molecule has 0 saturated heterocycles. The maximum atomic E-state index is 4.78. The second-order valence-corrected chi connectivity index (χ2v) is 6.89. The standard InChI is InChI=1S/C20H16IN4/c21-17-9-7-8-16(14-17)20-22-24(18-10-3-1-4-11-18)15-25(23-20)19-12-5-2-6-13-19/h1-14H,15H2. The number of anilines is 2. The summed E-state index contributed by atoms with van der Waals surface area (Å²) in [5.74, 6) is 0.706. The van der Waals surface area contributed by atoms with Crippen LogP contribution in [0.5, 0.6) is 0 Å². The van der Waals surface area contributed by atoms with Gasteiger partial charge in [-0.2, -0.15) is 0 Å². The molecule has 123 valence electrons. The molecule has 0 atom stereocenters. The molecule has 4 rings (SSSR count). The Labute approximate surface area is 160 Å². The maximum absolute atomic E-state index is 4.78. The third-order valence-corrected chi connectivity index (χ3v) is 4.56. The van der Waals surface area contributed by atoms with Crippen LogP contribution in [0.15, 0.2) is 90.0 Å². The summed E-state index contributed by atoms with van der Waals surface area (Å²) in [5, 5.41) is 8.74. The van der Waals surface area contributed by atoms with E-state index in [0.717, 1.165) is 20.5 Å². The molecule has 0 unspecified atom stereocenters. The van der Waals surface area contributed by atoms with Crippen LogP contribution in [0.2, 0.25) is 0 Å². The summed E-state index contributed by atoms with van der Waals surface area (Å²) in [6.07, 6.45) is 0. The van der Waals surface area contributed by atoms with E-state index in [4.69, 9.17) is 10.5 Å². The summed E-state index contributed by atoms with van der Waals surface area (Å²) in [5.41, 5.74) is 7.87. The van der Waals surface area contributed by atoms with Crippen molar-refractivity contribution < 1.29 is 0 Å². The van der Waals surface area contributed by atoms with Crippen molar-refractivity contribution in [3.8, 4) is 0 Å². The van der Waals surface area contributed by atoms with Crippen LogP contribution in [0.4, 0.5) is 11.4 Å². The van der Waals surface area contributed by atoms with Gasteiger partial charge in [-0.1, -0.05) is 48.5 Å². The number of rotatable bonds is 3. The quantitative estimate of drug-likeness (QED) is 0.565. The molecule has 0 aliphatic carbocycles. The van der Waals surface area contributed by atoms with E-state index in [1.54, 1.807) is 0 Å². The largest absolute Gasteiger partial charge is 0.242 e. The second-order valence-electron chi connectivity index (χ2n) is 5.65. The van der Waals surface area contributed by atoms with E-state index in [1.165, 1.54) is 0 Å². The third kappa shape index (κ3) is 3.61. The Hall–Kier alpha value is -2.54. The van der Waals surface area contributed by atoms with Gasteiger partial charge >= 0.3 is 0 Å². The van der Waals surface area contributed by atoms with E-state index in [2.05, 4.69) is 59.0 Å². The van der Waals surface area contributed by atoms with Gasteiger partial charge in [0.15, 0.2) is 5.84 Å². The Kier molecular flexibility index (Phi) is 4.56. The fraction of sp³-hybridized carbons (Fsp3) is 0.0500. The second kappa shape index (κ2) is 7.14. The summed E-state index contributed by atoms with van der Waals surface area (Å²) in [4.78, 5) is 0. The molecule has 1 aliphatic rings. The summed E-state index contributed by atoms with van der Waals surface area (Å²) < 4.78 is 1.16. The van der Waals surface area contributed by atoms with Crippen LogP contribution in [0.3, 0.4) is 0 Å².